The van der Waals surface area contributed by atoms with Gasteiger partial charge in [0.15, 0.2) is 0 Å². The SMILES string of the molecule is [B]C1(C)CCCC(N(C(=O)CC)C(C)C)C1C=C(C)C. The fourth-order valence-corrected chi connectivity index (χ4v) is 3.49. The standard InChI is InChI=1S/C17H30BNO/c1-7-16(20)19(13(4)5)15-9-8-10-17(6,18)14(15)11-12(2)3/h11,13-15H,7-10H2,1-6H3. The van der Waals surface area contributed by atoms with Crippen LogP contribution in [0.3, 0.4) is 0 Å². The van der Waals surface area contributed by atoms with E-state index in [9.17, 15) is 4.79 Å². The summed E-state index contributed by atoms with van der Waals surface area (Å²) >= 11 is 0. The number of carbonyl (C=O) groups is 1. The monoisotopic (exact) mass is 275 g/mol. The zero-order chi connectivity index (χ0) is 15.5. The van der Waals surface area contributed by atoms with E-state index in [-0.39, 0.29) is 29.2 Å². The van der Waals surface area contributed by atoms with Crippen LogP contribution >= 0.6 is 0 Å². The van der Waals surface area contributed by atoms with Gasteiger partial charge in [-0.25, -0.2) is 0 Å². The molecule has 0 bridgehead atoms. The first kappa shape index (κ1) is 17.3. The smallest absolute Gasteiger partial charge is 0.222 e. The van der Waals surface area contributed by atoms with Crippen LogP contribution in [-0.4, -0.2) is 30.7 Å². The molecule has 0 spiro atoms. The van der Waals surface area contributed by atoms with Crippen LogP contribution in [0.25, 0.3) is 0 Å². The first-order chi connectivity index (χ1) is 9.20. The van der Waals surface area contributed by atoms with Crippen molar-refractivity contribution in [3.05, 3.63) is 11.6 Å². The normalized spacial score (nSPS) is 30.1. The van der Waals surface area contributed by atoms with E-state index >= 15 is 0 Å². The zero-order valence-corrected chi connectivity index (χ0v) is 14.1. The van der Waals surface area contributed by atoms with Gasteiger partial charge in [0, 0.05) is 18.5 Å². The van der Waals surface area contributed by atoms with Gasteiger partial charge in [-0.05, 0) is 40.0 Å². The fraction of sp³-hybridized carbons (Fsp3) is 0.824. The van der Waals surface area contributed by atoms with Crippen LogP contribution in [0.2, 0.25) is 5.31 Å². The molecule has 20 heavy (non-hydrogen) atoms. The maximum Gasteiger partial charge on any atom is 0.222 e. The molecule has 1 fully saturated rings. The van der Waals surface area contributed by atoms with Crippen LogP contribution in [0.15, 0.2) is 11.6 Å². The number of hydrogen-bond acceptors (Lipinski definition) is 1. The van der Waals surface area contributed by atoms with Crippen molar-refractivity contribution >= 4 is 13.8 Å². The second-order valence-electron chi connectivity index (χ2n) is 6.98. The minimum absolute atomic E-state index is 0.221. The molecule has 2 radical (unpaired) electrons. The van der Waals surface area contributed by atoms with Gasteiger partial charge in [-0.3, -0.25) is 4.79 Å². The fourth-order valence-electron chi connectivity index (χ4n) is 3.49. The van der Waals surface area contributed by atoms with Crippen molar-refractivity contribution in [2.75, 3.05) is 0 Å². The molecule has 3 heteroatoms. The molecule has 112 valence electrons. The van der Waals surface area contributed by atoms with Crippen LogP contribution in [0.4, 0.5) is 0 Å². The predicted octanol–water partition coefficient (Wildman–Crippen LogP) is 4.12. The Kier molecular flexibility index (Phi) is 5.91. The van der Waals surface area contributed by atoms with E-state index in [0.717, 1.165) is 19.3 Å². The van der Waals surface area contributed by atoms with Gasteiger partial charge in [0.25, 0.3) is 0 Å². The van der Waals surface area contributed by atoms with Gasteiger partial charge >= 0.3 is 0 Å². The van der Waals surface area contributed by atoms with Crippen molar-refractivity contribution in [2.45, 2.75) is 84.6 Å². The molecule has 0 saturated heterocycles. The van der Waals surface area contributed by atoms with Crippen LogP contribution in [0, 0.1) is 5.92 Å². The molecule has 3 unspecified atom stereocenters. The Morgan fingerprint density at radius 3 is 2.50 bits per heavy atom. The number of amides is 1. The van der Waals surface area contributed by atoms with Gasteiger partial charge in [-0.15, -0.1) is 0 Å². The summed E-state index contributed by atoms with van der Waals surface area (Å²) in [6, 6.07) is 0.468. The lowest BCUT2D eigenvalue weighted by Crippen LogP contribution is -2.52. The zero-order valence-electron chi connectivity index (χ0n) is 14.1. The lowest BCUT2D eigenvalue weighted by Gasteiger charge is -2.49. The molecule has 1 amide bonds. The largest absolute Gasteiger partial charge is 0.337 e. The van der Waals surface area contributed by atoms with Crippen molar-refractivity contribution in [1.82, 2.24) is 4.90 Å². The quantitative estimate of drug-likeness (QED) is 0.558. The molecule has 0 aromatic rings. The minimum atomic E-state index is -0.221. The highest BCUT2D eigenvalue weighted by Gasteiger charge is 2.41. The Morgan fingerprint density at radius 1 is 1.45 bits per heavy atom. The molecule has 1 rings (SSSR count). The second-order valence-corrected chi connectivity index (χ2v) is 6.98. The van der Waals surface area contributed by atoms with Crippen molar-refractivity contribution in [1.29, 1.82) is 0 Å². The lowest BCUT2D eigenvalue weighted by atomic mass is 9.53. The van der Waals surface area contributed by atoms with Gasteiger partial charge in [-0.1, -0.05) is 43.7 Å². The summed E-state index contributed by atoms with van der Waals surface area (Å²) in [5.41, 5.74) is 1.28. The van der Waals surface area contributed by atoms with Crippen molar-refractivity contribution in [3.63, 3.8) is 0 Å². The summed E-state index contributed by atoms with van der Waals surface area (Å²) in [7, 11) is 6.56. The van der Waals surface area contributed by atoms with E-state index in [1.165, 1.54) is 5.57 Å². The summed E-state index contributed by atoms with van der Waals surface area (Å²) in [6.07, 6.45) is 6.04. The summed E-state index contributed by atoms with van der Waals surface area (Å²) in [5, 5.41) is -0.221. The van der Waals surface area contributed by atoms with E-state index in [4.69, 9.17) is 7.85 Å². The van der Waals surface area contributed by atoms with Gasteiger partial charge in [0.1, 0.15) is 0 Å². The van der Waals surface area contributed by atoms with E-state index in [1.807, 2.05) is 6.92 Å². The molecule has 1 aliphatic rings. The predicted molar refractivity (Wildman–Crippen MR) is 87.0 cm³/mol. The summed E-state index contributed by atoms with van der Waals surface area (Å²) in [5.74, 6) is 0.494. The highest BCUT2D eigenvalue weighted by molar-refractivity contribution is 6.15. The molecule has 0 aliphatic heterocycles. The maximum atomic E-state index is 12.4. The molecule has 0 heterocycles. The second kappa shape index (κ2) is 6.82. The minimum Gasteiger partial charge on any atom is -0.337 e. The summed E-state index contributed by atoms with van der Waals surface area (Å²) in [4.78, 5) is 14.4. The number of carbonyl (C=O) groups excluding carboxylic acids is 1. The average Bonchev–Trinajstić information content (AvgIpc) is 2.32. The Labute approximate surface area is 126 Å². The third kappa shape index (κ3) is 3.89. The third-order valence-electron chi connectivity index (χ3n) is 4.41. The van der Waals surface area contributed by atoms with Crippen LogP contribution < -0.4 is 0 Å². The van der Waals surface area contributed by atoms with E-state index < -0.39 is 0 Å². The molecule has 1 aliphatic carbocycles. The van der Waals surface area contributed by atoms with Gasteiger partial charge < -0.3 is 4.90 Å². The molecule has 3 atom stereocenters. The van der Waals surface area contributed by atoms with Gasteiger partial charge in [-0.2, -0.15) is 0 Å². The van der Waals surface area contributed by atoms with Gasteiger partial charge in [0.2, 0.25) is 5.91 Å². The third-order valence-corrected chi connectivity index (χ3v) is 4.41. The van der Waals surface area contributed by atoms with Crippen LogP contribution in [0.5, 0.6) is 0 Å². The maximum absolute atomic E-state index is 12.4. The Morgan fingerprint density at radius 2 is 2.05 bits per heavy atom. The highest BCUT2D eigenvalue weighted by atomic mass is 16.2. The molecule has 0 N–H and O–H groups in total. The number of hydrogen-bond donors (Lipinski definition) is 0. The summed E-state index contributed by atoms with van der Waals surface area (Å²) in [6.45, 7) is 12.5. The van der Waals surface area contributed by atoms with Crippen molar-refractivity contribution in [3.8, 4) is 0 Å². The first-order valence-electron chi connectivity index (χ1n) is 7.95. The number of rotatable bonds is 4. The first-order valence-corrected chi connectivity index (χ1v) is 7.95. The molecular formula is C17H30BNO. The van der Waals surface area contributed by atoms with E-state index in [1.54, 1.807) is 0 Å². The molecular weight excluding hydrogens is 245 g/mol. The van der Waals surface area contributed by atoms with E-state index in [0.29, 0.717) is 6.42 Å². The number of allylic oxidation sites excluding steroid dienone is 1. The summed E-state index contributed by atoms with van der Waals surface area (Å²) < 4.78 is 0. The topological polar surface area (TPSA) is 20.3 Å². The molecule has 2 nitrogen and oxygen atoms in total. The Hall–Kier alpha value is -0.725. The highest BCUT2D eigenvalue weighted by Crippen LogP contribution is 2.47. The Balaban J connectivity index is 3.15. The molecule has 1 saturated carbocycles. The Bertz CT molecular complexity index is 369. The molecule has 0 aromatic carbocycles. The van der Waals surface area contributed by atoms with Crippen LogP contribution in [0.1, 0.15) is 67.2 Å². The van der Waals surface area contributed by atoms with Gasteiger partial charge in [0.05, 0.1) is 7.85 Å². The lowest BCUT2D eigenvalue weighted by molar-refractivity contribution is -0.137. The van der Waals surface area contributed by atoms with Crippen molar-refractivity contribution in [2.24, 2.45) is 5.92 Å². The average molecular weight is 275 g/mol. The molecule has 0 aromatic heterocycles. The van der Waals surface area contributed by atoms with Crippen molar-refractivity contribution < 1.29 is 4.79 Å². The van der Waals surface area contributed by atoms with Crippen LogP contribution in [-0.2, 0) is 4.79 Å². The number of nitrogens with zero attached hydrogens (tertiary/aromatic N) is 1. The van der Waals surface area contributed by atoms with E-state index in [2.05, 4.69) is 45.6 Å².